The van der Waals surface area contributed by atoms with Gasteiger partial charge in [-0.15, -0.1) is 0 Å². The molecule has 6 heteroatoms. The van der Waals surface area contributed by atoms with Crippen molar-refractivity contribution < 1.29 is 19.0 Å². The van der Waals surface area contributed by atoms with Crippen LogP contribution in [0.25, 0.3) is 0 Å². The summed E-state index contributed by atoms with van der Waals surface area (Å²) in [6.07, 6.45) is 0.290. The molecule has 2 aromatic rings. The van der Waals surface area contributed by atoms with Crippen LogP contribution in [0.15, 0.2) is 42.5 Å². The Morgan fingerprint density at radius 2 is 1.77 bits per heavy atom. The maximum Gasteiger partial charge on any atom is 0.228 e. The van der Waals surface area contributed by atoms with Crippen LogP contribution in [0.1, 0.15) is 5.56 Å². The molecule has 2 heterocycles. The fraction of sp³-hybridized carbons (Fsp3) is 0.350. The van der Waals surface area contributed by atoms with Gasteiger partial charge < -0.3 is 24.4 Å². The van der Waals surface area contributed by atoms with E-state index in [-0.39, 0.29) is 5.91 Å². The molecule has 0 aromatic heterocycles. The summed E-state index contributed by atoms with van der Waals surface area (Å²) in [5.74, 6) is 1.38. The Labute approximate surface area is 152 Å². The summed E-state index contributed by atoms with van der Waals surface area (Å²) >= 11 is 0. The summed E-state index contributed by atoms with van der Waals surface area (Å²) in [6.45, 7) is 4.31. The molecule has 6 nitrogen and oxygen atoms in total. The summed E-state index contributed by atoms with van der Waals surface area (Å²) in [6, 6.07) is 13.6. The van der Waals surface area contributed by atoms with Crippen molar-refractivity contribution in [1.29, 1.82) is 0 Å². The molecule has 0 aliphatic carbocycles. The second-order valence-electron chi connectivity index (χ2n) is 6.35. The normalized spacial score (nSPS) is 16.2. The van der Waals surface area contributed by atoms with E-state index >= 15 is 0 Å². The SMILES string of the molecule is O=C(Cc1ccc2c(c1)OCCO2)Nc1cccc(N2CCOCC2)c1. The first kappa shape index (κ1) is 16.7. The average Bonchev–Trinajstić information content (AvgIpc) is 2.69. The molecule has 0 atom stereocenters. The molecule has 1 amide bonds. The van der Waals surface area contributed by atoms with Gasteiger partial charge in [-0.2, -0.15) is 0 Å². The predicted octanol–water partition coefficient (Wildman–Crippen LogP) is 2.48. The van der Waals surface area contributed by atoms with Crippen LogP contribution in [0, 0.1) is 0 Å². The van der Waals surface area contributed by atoms with Gasteiger partial charge in [0.15, 0.2) is 11.5 Å². The third-order valence-corrected chi connectivity index (χ3v) is 4.48. The van der Waals surface area contributed by atoms with Gasteiger partial charge in [0.2, 0.25) is 5.91 Å². The van der Waals surface area contributed by atoms with E-state index in [1.807, 2.05) is 36.4 Å². The molecule has 26 heavy (non-hydrogen) atoms. The van der Waals surface area contributed by atoms with Crippen LogP contribution in [0.4, 0.5) is 11.4 Å². The molecule has 2 aliphatic rings. The smallest absolute Gasteiger partial charge is 0.228 e. The number of carbonyl (C=O) groups excluding carboxylic acids is 1. The third-order valence-electron chi connectivity index (χ3n) is 4.48. The summed E-state index contributed by atoms with van der Waals surface area (Å²) in [5, 5.41) is 2.98. The number of hydrogen-bond acceptors (Lipinski definition) is 5. The molecule has 1 saturated heterocycles. The third kappa shape index (κ3) is 3.91. The van der Waals surface area contributed by atoms with Gasteiger partial charge >= 0.3 is 0 Å². The number of ether oxygens (including phenoxy) is 3. The quantitative estimate of drug-likeness (QED) is 0.914. The Hall–Kier alpha value is -2.73. The minimum absolute atomic E-state index is 0.0548. The lowest BCUT2D eigenvalue weighted by atomic mass is 10.1. The fourth-order valence-electron chi connectivity index (χ4n) is 3.19. The molecule has 2 aliphatic heterocycles. The van der Waals surface area contributed by atoms with Crippen LogP contribution in [-0.4, -0.2) is 45.4 Å². The Balaban J connectivity index is 1.40. The van der Waals surface area contributed by atoms with Crippen molar-refractivity contribution >= 4 is 17.3 Å². The second kappa shape index (κ2) is 7.66. The monoisotopic (exact) mass is 354 g/mol. The largest absolute Gasteiger partial charge is 0.486 e. The first-order valence-corrected chi connectivity index (χ1v) is 8.89. The Bertz CT molecular complexity index is 787. The zero-order valence-electron chi connectivity index (χ0n) is 14.6. The van der Waals surface area contributed by atoms with Gasteiger partial charge in [-0.25, -0.2) is 0 Å². The summed E-state index contributed by atoms with van der Waals surface area (Å²) in [5.41, 5.74) is 2.80. The van der Waals surface area contributed by atoms with Gasteiger partial charge in [0, 0.05) is 24.5 Å². The molecule has 0 saturated carbocycles. The van der Waals surface area contributed by atoms with Crippen molar-refractivity contribution in [2.75, 3.05) is 49.7 Å². The van der Waals surface area contributed by atoms with E-state index in [0.29, 0.717) is 25.4 Å². The first-order valence-electron chi connectivity index (χ1n) is 8.89. The number of benzene rings is 2. The number of rotatable bonds is 4. The minimum atomic E-state index is -0.0548. The van der Waals surface area contributed by atoms with Crippen molar-refractivity contribution in [1.82, 2.24) is 0 Å². The minimum Gasteiger partial charge on any atom is -0.486 e. The zero-order chi connectivity index (χ0) is 17.8. The van der Waals surface area contributed by atoms with Crippen molar-refractivity contribution in [3.05, 3.63) is 48.0 Å². The van der Waals surface area contributed by atoms with E-state index in [1.54, 1.807) is 0 Å². The van der Waals surface area contributed by atoms with Crippen molar-refractivity contribution in [2.45, 2.75) is 6.42 Å². The number of nitrogens with one attached hydrogen (secondary N) is 1. The van der Waals surface area contributed by atoms with Gasteiger partial charge in [-0.05, 0) is 35.9 Å². The molecule has 136 valence electrons. The highest BCUT2D eigenvalue weighted by Gasteiger charge is 2.14. The van der Waals surface area contributed by atoms with Gasteiger partial charge in [-0.1, -0.05) is 12.1 Å². The molecule has 0 radical (unpaired) electrons. The molecule has 2 aromatic carbocycles. The maximum atomic E-state index is 12.4. The van der Waals surface area contributed by atoms with Crippen LogP contribution in [-0.2, 0) is 16.0 Å². The number of anilines is 2. The van der Waals surface area contributed by atoms with Crippen molar-refractivity contribution in [3.63, 3.8) is 0 Å². The van der Waals surface area contributed by atoms with E-state index in [9.17, 15) is 4.79 Å². The Morgan fingerprint density at radius 3 is 2.62 bits per heavy atom. The van der Waals surface area contributed by atoms with E-state index < -0.39 is 0 Å². The predicted molar refractivity (Wildman–Crippen MR) is 99.2 cm³/mol. The lowest BCUT2D eigenvalue weighted by molar-refractivity contribution is -0.115. The molecule has 0 unspecified atom stereocenters. The van der Waals surface area contributed by atoms with Gasteiger partial charge in [0.1, 0.15) is 13.2 Å². The van der Waals surface area contributed by atoms with Gasteiger partial charge in [-0.3, -0.25) is 4.79 Å². The van der Waals surface area contributed by atoms with Crippen LogP contribution >= 0.6 is 0 Å². The number of carbonyl (C=O) groups is 1. The van der Waals surface area contributed by atoms with Crippen LogP contribution in [0.3, 0.4) is 0 Å². The lowest BCUT2D eigenvalue weighted by Gasteiger charge is -2.29. The molecule has 1 N–H and O–H groups in total. The number of morpholine rings is 1. The zero-order valence-corrected chi connectivity index (χ0v) is 14.6. The summed E-state index contributed by atoms with van der Waals surface area (Å²) in [4.78, 5) is 14.7. The summed E-state index contributed by atoms with van der Waals surface area (Å²) < 4.78 is 16.5. The van der Waals surface area contributed by atoms with E-state index in [2.05, 4.69) is 16.3 Å². The fourth-order valence-corrected chi connectivity index (χ4v) is 3.19. The Morgan fingerprint density at radius 1 is 0.962 bits per heavy atom. The first-order chi connectivity index (χ1) is 12.8. The van der Waals surface area contributed by atoms with E-state index in [0.717, 1.165) is 49.0 Å². The van der Waals surface area contributed by atoms with Crippen LogP contribution in [0.2, 0.25) is 0 Å². The standard InChI is InChI=1S/C20H22N2O4/c23-20(13-15-4-5-18-19(12-15)26-11-10-25-18)21-16-2-1-3-17(14-16)22-6-8-24-9-7-22/h1-5,12,14H,6-11,13H2,(H,21,23). The van der Waals surface area contributed by atoms with Crippen LogP contribution < -0.4 is 19.7 Å². The van der Waals surface area contributed by atoms with E-state index in [1.165, 1.54) is 0 Å². The number of nitrogens with zero attached hydrogens (tertiary/aromatic N) is 1. The summed E-state index contributed by atoms with van der Waals surface area (Å²) in [7, 11) is 0. The number of amides is 1. The maximum absolute atomic E-state index is 12.4. The van der Waals surface area contributed by atoms with Gasteiger partial charge in [0.05, 0.1) is 19.6 Å². The number of fused-ring (bicyclic) bond motifs is 1. The number of hydrogen-bond donors (Lipinski definition) is 1. The Kier molecular flexibility index (Phi) is 4.93. The lowest BCUT2D eigenvalue weighted by Crippen LogP contribution is -2.36. The van der Waals surface area contributed by atoms with Crippen LogP contribution in [0.5, 0.6) is 11.5 Å². The highest BCUT2D eigenvalue weighted by molar-refractivity contribution is 5.92. The highest BCUT2D eigenvalue weighted by Crippen LogP contribution is 2.31. The molecular formula is C20H22N2O4. The van der Waals surface area contributed by atoms with Crippen molar-refractivity contribution in [2.24, 2.45) is 0 Å². The molecular weight excluding hydrogens is 332 g/mol. The highest BCUT2D eigenvalue weighted by atomic mass is 16.6. The average molecular weight is 354 g/mol. The second-order valence-corrected chi connectivity index (χ2v) is 6.35. The van der Waals surface area contributed by atoms with E-state index in [4.69, 9.17) is 14.2 Å². The molecule has 1 fully saturated rings. The molecule has 4 rings (SSSR count). The van der Waals surface area contributed by atoms with Crippen molar-refractivity contribution in [3.8, 4) is 11.5 Å². The topological polar surface area (TPSA) is 60.0 Å². The molecule has 0 spiro atoms. The van der Waals surface area contributed by atoms with Gasteiger partial charge in [0.25, 0.3) is 0 Å². The molecule has 0 bridgehead atoms.